The topological polar surface area (TPSA) is 88.2 Å². The molecule has 0 fully saturated rings. The van der Waals surface area contributed by atoms with E-state index in [4.69, 9.17) is 28.2 Å². The second kappa shape index (κ2) is 9.62. The first-order chi connectivity index (χ1) is 16.0. The van der Waals surface area contributed by atoms with E-state index in [-0.39, 0.29) is 16.7 Å². The Labute approximate surface area is 215 Å². The fraction of sp³-hybridized carbons (Fsp3) is 0.208. The zero-order valence-corrected chi connectivity index (χ0v) is 21.9. The Morgan fingerprint density at radius 2 is 1.82 bits per heavy atom. The first kappa shape index (κ1) is 24.6. The number of hydrogen-bond acceptors (Lipinski definition) is 6. The number of carbonyl (C=O) groups is 1. The third-order valence-electron chi connectivity index (χ3n) is 4.92. The number of carboxylic acids is 1. The molecule has 0 saturated carbocycles. The molecule has 0 bridgehead atoms. The number of nitrogens with zero attached hydrogens (tertiary/aromatic N) is 3. The van der Waals surface area contributed by atoms with Gasteiger partial charge in [-0.05, 0) is 49.2 Å². The number of aromatic carboxylic acids is 1. The zero-order valence-electron chi connectivity index (χ0n) is 18.8. The van der Waals surface area contributed by atoms with Crippen LogP contribution in [0, 0.1) is 13.8 Å². The molecule has 4 aromatic rings. The number of halogens is 2. The number of carboxylic acid groups (broad SMARTS) is 1. The number of phenols is 1. The second-order valence-corrected chi connectivity index (χ2v) is 11.6. The Hall–Kier alpha value is -2.52. The third-order valence-corrected chi connectivity index (χ3v) is 7.90. The fourth-order valence-electron chi connectivity index (χ4n) is 3.62. The maximum absolute atomic E-state index is 12.4. The second-order valence-electron chi connectivity index (χ2n) is 8.01. The molecule has 6 nitrogen and oxygen atoms in total. The van der Waals surface area contributed by atoms with Gasteiger partial charge in [-0.15, -0.1) is 11.8 Å². The van der Waals surface area contributed by atoms with Crippen LogP contribution < -0.4 is 0 Å². The van der Waals surface area contributed by atoms with Gasteiger partial charge in [0.05, 0.1) is 25.6 Å². The number of thioether (sulfide) groups is 1. The van der Waals surface area contributed by atoms with E-state index in [1.807, 2.05) is 19.1 Å². The third kappa shape index (κ3) is 4.81. The van der Waals surface area contributed by atoms with Crippen molar-refractivity contribution in [3.8, 4) is 33.3 Å². The van der Waals surface area contributed by atoms with Crippen LogP contribution in [0.3, 0.4) is 0 Å². The molecule has 0 spiro atoms. The summed E-state index contributed by atoms with van der Waals surface area (Å²) in [4.78, 5) is 17.2. The maximum Gasteiger partial charge on any atom is 0.355 e. The smallest absolute Gasteiger partial charge is 0.355 e. The zero-order chi connectivity index (χ0) is 24.7. The van der Waals surface area contributed by atoms with Gasteiger partial charge in [-0.1, -0.05) is 60.5 Å². The van der Waals surface area contributed by atoms with Crippen molar-refractivity contribution < 1.29 is 15.0 Å². The van der Waals surface area contributed by atoms with Gasteiger partial charge < -0.3 is 10.2 Å². The van der Waals surface area contributed by atoms with Crippen molar-refractivity contribution in [2.24, 2.45) is 0 Å². The van der Waals surface area contributed by atoms with Crippen molar-refractivity contribution in [2.45, 2.75) is 37.2 Å². The Balaban J connectivity index is 1.93. The predicted octanol–water partition coefficient (Wildman–Crippen LogP) is 7.49. The van der Waals surface area contributed by atoms with E-state index >= 15 is 0 Å². The quantitative estimate of drug-likeness (QED) is 0.249. The lowest BCUT2D eigenvalue weighted by Crippen LogP contribution is -2.09. The van der Waals surface area contributed by atoms with Crippen LogP contribution in [0.1, 0.15) is 35.6 Å². The lowest BCUT2D eigenvalue weighted by atomic mass is 10.0. The SMILES string of the molecule is Cc1cc(O)cc(-c2c(C)nn(-c3nc(-c4ccc(Cl)c(Cl)c4)c(SC(C)C)s3)c2C(=O)O)c1. The molecule has 34 heavy (non-hydrogen) atoms. The Morgan fingerprint density at radius 1 is 1.09 bits per heavy atom. The van der Waals surface area contributed by atoms with E-state index in [1.54, 1.807) is 36.9 Å². The molecule has 0 radical (unpaired) electrons. The molecule has 176 valence electrons. The largest absolute Gasteiger partial charge is 0.508 e. The number of aromatic nitrogens is 3. The van der Waals surface area contributed by atoms with E-state index in [9.17, 15) is 15.0 Å². The van der Waals surface area contributed by atoms with Gasteiger partial charge in [-0.25, -0.2) is 9.78 Å². The fourth-order valence-corrected chi connectivity index (χ4v) is 6.40. The van der Waals surface area contributed by atoms with Gasteiger partial charge >= 0.3 is 5.97 Å². The van der Waals surface area contributed by atoms with Crippen molar-refractivity contribution >= 4 is 52.3 Å². The summed E-state index contributed by atoms with van der Waals surface area (Å²) in [6, 6.07) is 10.3. The van der Waals surface area contributed by atoms with Gasteiger partial charge in [0.2, 0.25) is 5.13 Å². The van der Waals surface area contributed by atoms with Crippen LogP contribution in [-0.2, 0) is 0 Å². The van der Waals surface area contributed by atoms with Crippen LogP contribution in [0.25, 0.3) is 27.5 Å². The molecule has 4 rings (SSSR count). The summed E-state index contributed by atoms with van der Waals surface area (Å²) in [7, 11) is 0. The number of aryl methyl sites for hydroxylation is 2. The highest BCUT2D eigenvalue weighted by Crippen LogP contribution is 2.42. The van der Waals surface area contributed by atoms with Gasteiger partial charge in [0.25, 0.3) is 0 Å². The number of rotatable bonds is 6. The van der Waals surface area contributed by atoms with Crippen LogP contribution in [0.4, 0.5) is 0 Å². The van der Waals surface area contributed by atoms with Crippen LogP contribution >= 0.6 is 46.3 Å². The predicted molar refractivity (Wildman–Crippen MR) is 139 cm³/mol. The lowest BCUT2D eigenvalue weighted by molar-refractivity contribution is 0.0688. The van der Waals surface area contributed by atoms with E-state index in [1.165, 1.54) is 22.1 Å². The summed E-state index contributed by atoms with van der Waals surface area (Å²) < 4.78 is 2.28. The minimum Gasteiger partial charge on any atom is -0.508 e. The molecular formula is C24H21Cl2N3O3S2. The summed E-state index contributed by atoms with van der Waals surface area (Å²) in [6.07, 6.45) is 0. The first-order valence-corrected chi connectivity index (χ1v) is 12.8. The molecule has 10 heteroatoms. The molecule has 0 atom stereocenters. The summed E-state index contributed by atoms with van der Waals surface area (Å²) in [5, 5.41) is 26.3. The molecule has 2 aromatic heterocycles. The molecule has 2 heterocycles. The van der Waals surface area contributed by atoms with Gasteiger partial charge in [-0.3, -0.25) is 0 Å². The number of phenolic OH excluding ortho intramolecular Hbond substituents is 1. The van der Waals surface area contributed by atoms with Gasteiger partial charge in [-0.2, -0.15) is 9.78 Å². The Morgan fingerprint density at radius 3 is 2.44 bits per heavy atom. The molecule has 0 aliphatic rings. The Bertz CT molecular complexity index is 1390. The number of hydrogen-bond donors (Lipinski definition) is 2. The highest BCUT2D eigenvalue weighted by Gasteiger charge is 2.27. The minimum atomic E-state index is -1.14. The standard InChI is InChI=1S/C24H21Cl2N3O3S2/c1-11(2)33-23-20(14-5-6-17(25)18(26)10-14)27-24(34-23)29-21(22(31)32)19(13(4)28-29)15-7-12(3)8-16(30)9-15/h5-11,30H,1-4H3,(H,31,32). The van der Waals surface area contributed by atoms with E-state index < -0.39 is 5.97 Å². The van der Waals surface area contributed by atoms with Crippen LogP contribution in [0.2, 0.25) is 10.0 Å². The average molecular weight is 534 g/mol. The first-order valence-electron chi connectivity index (χ1n) is 10.3. The molecule has 0 aliphatic heterocycles. The van der Waals surface area contributed by atoms with E-state index in [0.29, 0.717) is 37.7 Å². The summed E-state index contributed by atoms with van der Waals surface area (Å²) in [5.74, 6) is -1.08. The van der Waals surface area contributed by atoms with Crippen molar-refractivity contribution in [1.29, 1.82) is 0 Å². The Kier molecular flexibility index (Phi) is 6.96. The normalized spacial score (nSPS) is 11.4. The molecule has 0 unspecified atom stereocenters. The van der Waals surface area contributed by atoms with Gasteiger partial charge in [0.1, 0.15) is 5.75 Å². The highest BCUT2D eigenvalue weighted by molar-refractivity contribution is 8.01. The summed E-state index contributed by atoms with van der Waals surface area (Å²) in [5.41, 5.74) is 3.81. The van der Waals surface area contributed by atoms with Crippen molar-refractivity contribution in [3.05, 3.63) is 63.4 Å². The molecule has 0 aliphatic carbocycles. The van der Waals surface area contributed by atoms with Crippen molar-refractivity contribution in [2.75, 3.05) is 0 Å². The molecule has 0 saturated heterocycles. The number of aromatic hydroxyl groups is 1. The molecule has 2 aromatic carbocycles. The summed E-state index contributed by atoms with van der Waals surface area (Å²) in [6.45, 7) is 7.73. The number of benzene rings is 2. The van der Waals surface area contributed by atoms with Crippen LogP contribution in [0.5, 0.6) is 5.75 Å². The molecule has 0 amide bonds. The average Bonchev–Trinajstić information content (AvgIpc) is 3.30. The maximum atomic E-state index is 12.4. The monoisotopic (exact) mass is 533 g/mol. The van der Waals surface area contributed by atoms with E-state index in [2.05, 4.69) is 18.9 Å². The molecule has 2 N–H and O–H groups in total. The number of thiazole rings is 1. The highest BCUT2D eigenvalue weighted by atomic mass is 35.5. The van der Waals surface area contributed by atoms with Crippen molar-refractivity contribution in [1.82, 2.24) is 14.8 Å². The van der Waals surface area contributed by atoms with Gasteiger partial charge in [0.15, 0.2) is 5.69 Å². The molecular weight excluding hydrogens is 513 g/mol. The van der Waals surface area contributed by atoms with Gasteiger partial charge in [0, 0.05) is 16.4 Å². The summed E-state index contributed by atoms with van der Waals surface area (Å²) >= 11 is 15.3. The van der Waals surface area contributed by atoms with Crippen molar-refractivity contribution in [3.63, 3.8) is 0 Å². The van der Waals surface area contributed by atoms with E-state index in [0.717, 1.165) is 15.3 Å². The lowest BCUT2D eigenvalue weighted by Gasteiger charge is -2.06. The minimum absolute atomic E-state index is 0.0157. The van der Waals surface area contributed by atoms with Crippen LogP contribution in [-0.4, -0.2) is 36.2 Å². The van der Waals surface area contributed by atoms with Crippen LogP contribution in [0.15, 0.2) is 40.6 Å².